The van der Waals surface area contributed by atoms with Gasteiger partial charge >= 0.3 is 0 Å². The molecule has 3 unspecified atom stereocenters. The number of likely N-dealkylation sites (tertiary alicyclic amines) is 1. The molecule has 80 valence electrons. The van der Waals surface area contributed by atoms with Crippen LogP contribution in [0.3, 0.4) is 0 Å². The number of carbonyl (C=O) groups is 1. The molecule has 0 aromatic carbocycles. The Morgan fingerprint density at radius 2 is 2.43 bits per heavy atom. The molecule has 2 fully saturated rings. The molecule has 4 heteroatoms. The van der Waals surface area contributed by atoms with E-state index in [0.29, 0.717) is 17.7 Å². The normalized spacial score (nSPS) is 38.3. The third-order valence-electron chi connectivity index (χ3n) is 3.11. The van der Waals surface area contributed by atoms with E-state index in [1.807, 2.05) is 16.7 Å². The SMILES string of the molecule is CC1CC(N2CC(CO)CC2=O)CS1. The molecular formula is C10H17NO2S. The summed E-state index contributed by atoms with van der Waals surface area (Å²) in [5.74, 6) is 1.50. The summed E-state index contributed by atoms with van der Waals surface area (Å²) >= 11 is 1.95. The van der Waals surface area contributed by atoms with Crippen LogP contribution in [0.15, 0.2) is 0 Å². The first-order valence-electron chi connectivity index (χ1n) is 5.22. The van der Waals surface area contributed by atoms with Gasteiger partial charge in [-0.2, -0.15) is 11.8 Å². The van der Waals surface area contributed by atoms with Gasteiger partial charge in [-0.25, -0.2) is 0 Å². The molecule has 0 aromatic heterocycles. The summed E-state index contributed by atoms with van der Waals surface area (Å²) in [6.45, 7) is 3.14. The number of hydrogen-bond donors (Lipinski definition) is 1. The standard InChI is InChI=1S/C10H17NO2S/c1-7-2-9(6-14-7)11-4-8(5-12)3-10(11)13/h7-9,12H,2-6H2,1H3. The zero-order valence-electron chi connectivity index (χ0n) is 8.48. The van der Waals surface area contributed by atoms with Crippen molar-refractivity contribution < 1.29 is 9.90 Å². The average molecular weight is 215 g/mol. The molecule has 2 heterocycles. The third-order valence-corrected chi connectivity index (χ3v) is 4.45. The summed E-state index contributed by atoms with van der Waals surface area (Å²) in [6.07, 6.45) is 1.67. The number of carbonyl (C=O) groups excluding carboxylic acids is 1. The van der Waals surface area contributed by atoms with Crippen LogP contribution in [0, 0.1) is 5.92 Å². The molecule has 0 saturated carbocycles. The minimum atomic E-state index is 0.150. The maximum absolute atomic E-state index is 11.6. The van der Waals surface area contributed by atoms with Gasteiger partial charge in [0.15, 0.2) is 0 Å². The second-order valence-electron chi connectivity index (χ2n) is 4.33. The Labute approximate surface area is 88.9 Å². The van der Waals surface area contributed by atoms with E-state index in [2.05, 4.69) is 6.92 Å². The maximum atomic E-state index is 11.6. The monoisotopic (exact) mass is 215 g/mol. The second-order valence-corrected chi connectivity index (χ2v) is 5.80. The Balaban J connectivity index is 1.95. The van der Waals surface area contributed by atoms with E-state index in [4.69, 9.17) is 5.11 Å². The van der Waals surface area contributed by atoms with Crippen molar-refractivity contribution in [3.05, 3.63) is 0 Å². The van der Waals surface area contributed by atoms with Gasteiger partial charge in [0, 0.05) is 42.5 Å². The predicted molar refractivity (Wildman–Crippen MR) is 57.2 cm³/mol. The summed E-state index contributed by atoms with van der Waals surface area (Å²) in [5, 5.41) is 9.69. The second kappa shape index (κ2) is 4.11. The van der Waals surface area contributed by atoms with Crippen molar-refractivity contribution in [2.24, 2.45) is 5.92 Å². The van der Waals surface area contributed by atoms with Gasteiger partial charge in [0.2, 0.25) is 5.91 Å². The van der Waals surface area contributed by atoms with Crippen molar-refractivity contribution in [3.63, 3.8) is 0 Å². The van der Waals surface area contributed by atoms with Gasteiger partial charge in [0.25, 0.3) is 0 Å². The van der Waals surface area contributed by atoms with Crippen molar-refractivity contribution >= 4 is 17.7 Å². The zero-order valence-corrected chi connectivity index (χ0v) is 9.30. The van der Waals surface area contributed by atoms with E-state index < -0.39 is 0 Å². The van der Waals surface area contributed by atoms with Crippen molar-refractivity contribution in [3.8, 4) is 0 Å². The average Bonchev–Trinajstić information content (AvgIpc) is 2.71. The molecular weight excluding hydrogens is 198 g/mol. The van der Waals surface area contributed by atoms with E-state index in [1.165, 1.54) is 0 Å². The van der Waals surface area contributed by atoms with Crippen LogP contribution in [0.5, 0.6) is 0 Å². The predicted octanol–water partition coefficient (Wildman–Crippen LogP) is 0.721. The maximum Gasteiger partial charge on any atom is 0.223 e. The van der Waals surface area contributed by atoms with Crippen molar-refractivity contribution in [2.75, 3.05) is 18.9 Å². The summed E-state index contributed by atoms with van der Waals surface area (Å²) in [6, 6.07) is 0.430. The molecule has 1 amide bonds. The minimum Gasteiger partial charge on any atom is -0.396 e. The quantitative estimate of drug-likeness (QED) is 0.738. The van der Waals surface area contributed by atoms with Crippen LogP contribution >= 0.6 is 11.8 Å². The topological polar surface area (TPSA) is 40.5 Å². The zero-order chi connectivity index (χ0) is 10.1. The lowest BCUT2D eigenvalue weighted by Crippen LogP contribution is -2.36. The van der Waals surface area contributed by atoms with Gasteiger partial charge in [0.1, 0.15) is 0 Å². The van der Waals surface area contributed by atoms with E-state index >= 15 is 0 Å². The van der Waals surface area contributed by atoms with Gasteiger partial charge in [-0.15, -0.1) is 0 Å². The highest BCUT2D eigenvalue weighted by Crippen LogP contribution is 2.32. The van der Waals surface area contributed by atoms with Gasteiger partial charge < -0.3 is 10.0 Å². The number of thioether (sulfide) groups is 1. The fourth-order valence-electron chi connectivity index (χ4n) is 2.30. The number of rotatable bonds is 2. The Hall–Kier alpha value is -0.220. The van der Waals surface area contributed by atoms with Crippen molar-refractivity contribution in [2.45, 2.75) is 31.1 Å². The molecule has 0 spiro atoms. The van der Waals surface area contributed by atoms with Gasteiger partial charge in [-0.3, -0.25) is 4.79 Å². The molecule has 2 aliphatic heterocycles. The Kier molecular flexibility index (Phi) is 3.02. The fourth-order valence-corrected chi connectivity index (χ4v) is 3.52. The number of amides is 1. The lowest BCUT2D eigenvalue weighted by atomic mass is 10.1. The van der Waals surface area contributed by atoms with E-state index in [0.717, 1.165) is 18.7 Å². The van der Waals surface area contributed by atoms with Gasteiger partial charge in [-0.05, 0) is 6.42 Å². The lowest BCUT2D eigenvalue weighted by molar-refractivity contribution is -0.129. The first-order chi connectivity index (χ1) is 6.70. The van der Waals surface area contributed by atoms with Crippen LogP contribution in [-0.2, 0) is 4.79 Å². The van der Waals surface area contributed by atoms with Crippen LogP contribution < -0.4 is 0 Å². The molecule has 0 aromatic rings. The smallest absolute Gasteiger partial charge is 0.223 e. The number of aliphatic hydroxyl groups excluding tert-OH is 1. The van der Waals surface area contributed by atoms with Gasteiger partial charge in [-0.1, -0.05) is 6.92 Å². The molecule has 1 N–H and O–H groups in total. The van der Waals surface area contributed by atoms with Gasteiger partial charge in [0.05, 0.1) is 0 Å². The molecule has 0 aliphatic carbocycles. The molecule has 2 aliphatic rings. The van der Waals surface area contributed by atoms with Crippen LogP contribution in [0.25, 0.3) is 0 Å². The Morgan fingerprint density at radius 1 is 1.64 bits per heavy atom. The molecule has 0 radical (unpaired) electrons. The largest absolute Gasteiger partial charge is 0.396 e. The number of hydrogen-bond acceptors (Lipinski definition) is 3. The number of aliphatic hydroxyl groups is 1. The molecule has 2 saturated heterocycles. The molecule has 2 rings (SSSR count). The van der Waals surface area contributed by atoms with E-state index in [9.17, 15) is 4.79 Å². The van der Waals surface area contributed by atoms with Crippen molar-refractivity contribution in [1.82, 2.24) is 4.90 Å². The van der Waals surface area contributed by atoms with Crippen LogP contribution in [0.1, 0.15) is 19.8 Å². The summed E-state index contributed by atoms with van der Waals surface area (Å²) < 4.78 is 0. The van der Waals surface area contributed by atoms with E-state index in [-0.39, 0.29) is 18.4 Å². The lowest BCUT2D eigenvalue weighted by Gasteiger charge is -2.23. The molecule has 0 bridgehead atoms. The fraction of sp³-hybridized carbons (Fsp3) is 0.900. The molecule has 3 atom stereocenters. The van der Waals surface area contributed by atoms with Crippen LogP contribution in [0.4, 0.5) is 0 Å². The molecule has 3 nitrogen and oxygen atoms in total. The van der Waals surface area contributed by atoms with Crippen LogP contribution in [-0.4, -0.2) is 46.1 Å². The highest BCUT2D eigenvalue weighted by Gasteiger charge is 2.36. The summed E-state index contributed by atoms with van der Waals surface area (Å²) in [4.78, 5) is 13.6. The highest BCUT2D eigenvalue weighted by molar-refractivity contribution is 8.00. The third kappa shape index (κ3) is 1.91. The molecule has 14 heavy (non-hydrogen) atoms. The first-order valence-corrected chi connectivity index (χ1v) is 6.27. The highest BCUT2D eigenvalue weighted by atomic mass is 32.2. The minimum absolute atomic E-state index is 0.150. The van der Waals surface area contributed by atoms with E-state index in [1.54, 1.807) is 0 Å². The first kappa shape index (κ1) is 10.3. The van der Waals surface area contributed by atoms with Crippen LogP contribution in [0.2, 0.25) is 0 Å². The number of nitrogens with zero attached hydrogens (tertiary/aromatic N) is 1. The Bertz CT molecular complexity index is 234. The van der Waals surface area contributed by atoms with Crippen molar-refractivity contribution in [1.29, 1.82) is 0 Å². The summed E-state index contributed by atoms with van der Waals surface area (Å²) in [7, 11) is 0. The Morgan fingerprint density at radius 3 is 2.93 bits per heavy atom. The summed E-state index contributed by atoms with van der Waals surface area (Å²) in [5.41, 5.74) is 0.